The van der Waals surface area contributed by atoms with Gasteiger partial charge >= 0.3 is 0 Å². The zero-order valence-corrected chi connectivity index (χ0v) is 10.8. The second-order valence-electron chi connectivity index (χ2n) is 5.19. The molecule has 0 bridgehead atoms. The van der Waals surface area contributed by atoms with Gasteiger partial charge in [0.15, 0.2) is 0 Å². The standard InChI is InChI=1S/C14H22N2O/c1-12(2)16-10-8-14(6-4-7-14)17-13-5-3-9-15-11-13/h3,5,9,11-12,16H,4,6-8,10H2,1-2H3. The van der Waals surface area contributed by atoms with Crippen LogP contribution in [0.25, 0.3) is 0 Å². The van der Waals surface area contributed by atoms with Crippen molar-refractivity contribution in [3.05, 3.63) is 24.5 Å². The molecule has 3 nitrogen and oxygen atoms in total. The van der Waals surface area contributed by atoms with E-state index in [0.717, 1.165) is 18.7 Å². The minimum Gasteiger partial charge on any atom is -0.486 e. The highest BCUT2D eigenvalue weighted by molar-refractivity contribution is 5.17. The first kappa shape index (κ1) is 12.4. The maximum Gasteiger partial charge on any atom is 0.138 e. The third-order valence-electron chi connectivity index (χ3n) is 3.37. The van der Waals surface area contributed by atoms with E-state index in [1.165, 1.54) is 19.3 Å². The van der Waals surface area contributed by atoms with Crippen LogP contribution in [0, 0.1) is 0 Å². The molecule has 1 saturated carbocycles. The summed E-state index contributed by atoms with van der Waals surface area (Å²) >= 11 is 0. The van der Waals surface area contributed by atoms with Gasteiger partial charge in [-0.15, -0.1) is 0 Å². The molecule has 3 heteroatoms. The lowest BCUT2D eigenvalue weighted by atomic mass is 9.77. The molecular weight excluding hydrogens is 212 g/mol. The maximum atomic E-state index is 6.12. The Labute approximate surface area is 104 Å². The van der Waals surface area contributed by atoms with Gasteiger partial charge in [-0.25, -0.2) is 0 Å². The van der Waals surface area contributed by atoms with Crippen molar-refractivity contribution in [2.24, 2.45) is 0 Å². The first-order valence-electron chi connectivity index (χ1n) is 6.53. The normalized spacial score (nSPS) is 17.8. The summed E-state index contributed by atoms with van der Waals surface area (Å²) in [6.45, 7) is 5.38. The molecular formula is C14H22N2O. The number of hydrogen-bond acceptors (Lipinski definition) is 3. The number of nitrogens with one attached hydrogen (secondary N) is 1. The molecule has 0 unspecified atom stereocenters. The minimum atomic E-state index is 0.0604. The predicted molar refractivity (Wildman–Crippen MR) is 69.2 cm³/mol. The van der Waals surface area contributed by atoms with Gasteiger partial charge in [-0.3, -0.25) is 4.98 Å². The lowest BCUT2D eigenvalue weighted by Crippen LogP contribution is -2.45. The van der Waals surface area contributed by atoms with Crippen molar-refractivity contribution in [2.45, 2.75) is 51.2 Å². The zero-order chi connectivity index (χ0) is 12.1. The van der Waals surface area contributed by atoms with Gasteiger partial charge in [-0.1, -0.05) is 13.8 Å². The molecule has 0 spiro atoms. The molecule has 94 valence electrons. The number of nitrogens with zero attached hydrogens (tertiary/aromatic N) is 1. The van der Waals surface area contributed by atoms with E-state index in [1.807, 2.05) is 12.1 Å². The van der Waals surface area contributed by atoms with E-state index in [4.69, 9.17) is 4.74 Å². The molecule has 1 aromatic heterocycles. The molecule has 0 atom stereocenters. The van der Waals surface area contributed by atoms with E-state index in [2.05, 4.69) is 24.1 Å². The average Bonchev–Trinajstić information content (AvgIpc) is 2.26. The summed E-state index contributed by atoms with van der Waals surface area (Å²) in [5.74, 6) is 0.900. The summed E-state index contributed by atoms with van der Waals surface area (Å²) in [6, 6.07) is 4.46. The minimum absolute atomic E-state index is 0.0604. The van der Waals surface area contributed by atoms with Crippen LogP contribution in [0.1, 0.15) is 39.5 Å². The third kappa shape index (κ3) is 3.43. The molecule has 17 heavy (non-hydrogen) atoms. The molecule has 1 aromatic rings. The maximum absolute atomic E-state index is 6.12. The second-order valence-corrected chi connectivity index (χ2v) is 5.19. The van der Waals surface area contributed by atoms with Crippen molar-refractivity contribution >= 4 is 0 Å². The van der Waals surface area contributed by atoms with Gasteiger partial charge in [-0.2, -0.15) is 0 Å². The fourth-order valence-electron chi connectivity index (χ4n) is 2.22. The molecule has 1 heterocycles. The molecule has 0 radical (unpaired) electrons. The summed E-state index contributed by atoms with van der Waals surface area (Å²) < 4.78 is 6.12. The fourth-order valence-corrected chi connectivity index (χ4v) is 2.22. The predicted octanol–water partition coefficient (Wildman–Crippen LogP) is 2.77. The summed E-state index contributed by atoms with van der Waals surface area (Å²) in [4.78, 5) is 4.10. The molecule has 1 aliphatic carbocycles. The number of rotatable bonds is 6. The quantitative estimate of drug-likeness (QED) is 0.822. The topological polar surface area (TPSA) is 34.1 Å². The van der Waals surface area contributed by atoms with Crippen LogP contribution in [0.2, 0.25) is 0 Å². The highest BCUT2D eigenvalue weighted by atomic mass is 16.5. The zero-order valence-electron chi connectivity index (χ0n) is 10.8. The van der Waals surface area contributed by atoms with E-state index in [0.29, 0.717) is 6.04 Å². The molecule has 1 N–H and O–H groups in total. The van der Waals surface area contributed by atoms with Gasteiger partial charge in [0.05, 0.1) is 6.20 Å². The number of aromatic nitrogens is 1. The van der Waals surface area contributed by atoms with Crippen molar-refractivity contribution in [1.82, 2.24) is 10.3 Å². The number of pyridine rings is 1. The van der Waals surface area contributed by atoms with Crippen LogP contribution in [0.5, 0.6) is 5.75 Å². The molecule has 1 aliphatic rings. The Kier molecular flexibility index (Phi) is 4.00. The average molecular weight is 234 g/mol. The smallest absolute Gasteiger partial charge is 0.138 e. The van der Waals surface area contributed by atoms with E-state index < -0.39 is 0 Å². The third-order valence-corrected chi connectivity index (χ3v) is 3.37. The van der Waals surface area contributed by atoms with Gasteiger partial charge in [0.25, 0.3) is 0 Å². The Balaban J connectivity index is 1.87. The van der Waals surface area contributed by atoms with Gasteiger partial charge in [0, 0.05) is 12.2 Å². The largest absolute Gasteiger partial charge is 0.486 e. The summed E-state index contributed by atoms with van der Waals surface area (Å²) in [5.41, 5.74) is 0.0604. The monoisotopic (exact) mass is 234 g/mol. The second kappa shape index (κ2) is 5.50. The van der Waals surface area contributed by atoms with Gasteiger partial charge < -0.3 is 10.1 Å². The van der Waals surface area contributed by atoms with Crippen LogP contribution in [-0.2, 0) is 0 Å². The van der Waals surface area contributed by atoms with Crippen LogP contribution in [0.3, 0.4) is 0 Å². The van der Waals surface area contributed by atoms with Crippen molar-refractivity contribution in [2.75, 3.05) is 6.54 Å². The van der Waals surface area contributed by atoms with Crippen LogP contribution in [0.15, 0.2) is 24.5 Å². The lowest BCUT2D eigenvalue weighted by Gasteiger charge is -2.42. The van der Waals surface area contributed by atoms with E-state index >= 15 is 0 Å². The van der Waals surface area contributed by atoms with Gasteiger partial charge in [0.2, 0.25) is 0 Å². The van der Waals surface area contributed by atoms with Gasteiger partial charge in [-0.05, 0) is 44.4 Å². The first-order valence-corrected chi connectivity index (χ1v) is 6.53. The van der Waals surface area contributed by atoms with E-state index in [1.54, 1.807) is 12.4 Å². The Morgan fingerprint density at radius 2 is 2.29 bits per heavy atom. The van der Waals surface area contributed by atoms with Gasteiger partial charge in [0.1, 0.15) is 11.4 Å². The Bertz CT molecular complexity index is 333. The Morgan fingerprint density at radius 3 is 2.82 bits per heavy atom. The number of hydrogen-bond donors (Lipinski definition) is 1. The van der Waals surface area contributed by atoms with Crippen molar-refractivity contribution in [1.29, 1.82) is 0 Å². The molecule has 1 fully saturated rings. The molecule has 0 aromatic carbocycles. The van der Waals surface area contributed by atoms with E-state index in [9.17, 15) is 0 Å². The highest BCUT2D eigenvalue weighted by Gasteiger charge is 2.38. The fraction of sp³-hybridized carbons (Fsp3) is 0.643. The Hall–Kier alpha value is -1.09. The summed E-state index contributed by atoms with van der Waals surface area (Å²) in [7, 11) is 0. The van der Waals surface area contributed by atoms with Crippen LogP contribution in [0.4, 0.5) is 0 Å². The highest BCUT2D eigenvalue weighted by Crippen LogP contribution is 2.38. The summed E-state index contributed by atoms with van der Waals surface area (Å²) in [5, 5.41) is 3.46. The lowest BCUT2D eigenvalue weighted by molar-refractivity contribution is -0.0148. The molecule has 2 rings (SSSR count). The molecule has 0 aliphatic heterocycles. The van der Waals surface area contributed by atoms with Crippen molar-refractivity contribution < 1.29 is 4.74 Å². The van der Waals surface area contributed by atoms with Crippen molar-refractivity contribution in [3.8, 4) is 5.75 Å². The summed E-state index contributed by atoms with van der Waals surface area (Å²) in [6.07, 6.45) is 8.28. The molecule has 0 saturated heterocycles. The van der Waals surface area contributed by atoms with E-state index in [-0.39, 0.29) is 5.60 Å². The first-order chi connectivity index (χ1) is 8.20. The van der Waals surface area contributed by atoms with Crippen LogP contribution < -0.4 is 10.1 Å². The Morgan fingerprint density at radius 1 is 1.47 bits per heavy atom. The van der Waals surface area contributed by atoms with Crippen LogP contribution >= 0.6 is 0 Å². The van der Waals surface area contributed by atoms with Crippen LogP contribution in [-0.4, -0.2) is 23.2 Å². The SMILES string of the molecule is CC(C)NCCC1(Oc2cccnc2)CCC1. The molecule has 0 amide bonds. The van der Waals surface area contributed by atoms with Crippen molar-refractivity contribution in [3.63, 3.8) is 0 Å². The number of ether oxygens (including phenoxy) is 1.